The van der Waals surface area contributed by atoms with E-state index in [1.54, 1.807) is 12.4 Å². The van der Waals surface area contributed by atoms with Gasteiger partial charge in [-0.25, -0.2) is 0 Å². The first-order valence-electron chi connectivity index (χ1n) is 4.22. The number of aliphatic hydroxyl groups is 2. The smallest absolute Gasteiger partial charge is 0.0267 e. The molecule has 1 heterocycles. The molecule has 0 aromatic carbocycles. The number of rotatable bonds is 1. The van der Waals surface area contributed by atoms with Gasteiger partial charge in [0.05, 0.1) is 0 Å². The van der Waals surface area contributed by atoms with Crippen LogP contribution in [0.1, 0.15) is 0 Å². The number of pyridine rings is 1. The standard InChI is InChI=1S/C5H5N.C3H2F6O2.2O.Os/c1-2-4-6-5-3-1;4-1(10,2(5,6)7)3(8,9)11;;;/h1-5H;10-11H;;;. The van der Waals surface area contributed by atoms with Gasteiger partial charge in [0, 0.05) is 12.4 Å². The van der Waals surface area contributed by atoms with Crippen molar-refractivity contribution in [3.05, 3.63) is 30.6 Å². The zero-order valence-corrected chi connectivity index (χ0v) is 11.7. The zero-order chi connectivity index (χ0) is 16.4. The van der Waals surface area contributed by atoms with Crippen LogP contribution in [0.4, 0.5) is 26.3 Å². The van der Waals surface area contributed by atoms with Gasteiger partial charge >= 0.3 is 42.5 Å². The summed E-state index contributed by atoms with van der Waals surface area (Å²) in [6, 6.07) is 5.72. The molecule has 0 aliphatic rings. The number of alkyl halides is 6. The van der Waals surface area contributed by atoms with Gasteiger partial charge < -0.3 is 10.2 Å². The second kappa shape index (κ2) is 8.94. The normalized spacial score (nSPS) is 14.0. The molecule has 20 heavy (non-hydrogen) atoms. The van der Waals surface area contributed by atoms with Crippen molar-refractivity contribution in [3.8, 4) is 0 Å². The minimum Gasteiger partial charge on any atom is -0.265 e. The van der Waals surface area contributed by atoms with Crippen molar-refractivity contribution in [2.24, 2.45) is 0 Å². The Bertz CT molecular complexity index is 359. The number of halogens is 6. The molecule has 5 nitrogen and oxygen atoms in total. The summed E-state index contributed by atoms with van der Waals surface area (Å²) in [5.41, 5.74) is 0. The van der Waals surface area contributed by atoms with Crippen LogP contribution in [0, 0.1) is 0 Å². The Hall–Kier alpha value is -1.11. The van der Waals surface area contributed by atoms with Crippen molar-refractivity contribution in [1.82, 2.24) is 4.98 Å². The maximum Gasteiger partial charge on any atom is 0.0267 e. The predicted molar refractivity (Wildman–Crippen MR) is 44.9 cm³/mol. The molecule has 1 aromatic heterocycles. The molecule has 0 radical (unpaired) electrons. The Labute approximate surface area is 115 Å². The third-order valence-electron chi connectivity index (χ3n) is 1.34. The molecule has 0 amide bonds. The summed E-state index contributed by atoms with van der Waals surface area (Å²) in [6.07, 6.45) is -8.59. The minimum absolute atomic E-state index is 1.75. The monoisotopic (exact) mass is 487 g/mol. The largest absolute Gasteiger partial charge is 0.265 e. The quantitative estimate of drug-likeness (QED) is 0.591. The minimum atomic E-state index is -6.23. The Morgan fingerprint density at radius 1 is 0.850 bits per heavy atom. The van der Waals surface area contributed by atoms with Crippen molar-refractivity contribution >= 4 is 0 Å². The van der Waals surface area contributed by atoms with Gasteiger partial charge in [-0.3, -0.25) is 4.98 Å². The van der Waals surface area contributed by atoms with Crippen LogP contribution in [0.3, 0.4) is 0 Å². The topological polar surface area (TPSA) is 87.5 Å². The number of aromatic nitrogens is 1. The molecule has 0 saturated carbocycles. The fourth-order valence-corrected chi connectivity index (χ4v) is 0.483. The first kappa shape index (κ1) is 21.2. The molecule has 1 rings (SSSR count). The van der Waals surface area contributed by atoms with Crippen LogP contribution in [-0.4, -0.2) is 33.3 Å². The van der Waals surface area contributed by atoms with Crippen LogP contribution in [0.25, 0.3) is 0 Å². The van der Waals surface area contributed by atoms with Crippen molar-refractivity contribution < 1.29 is 60.9 Å². The Morgan fingerprint density at radius 2 is 1.20 bits per heavy atom. The summed E-state index contributed by atoms with van der Waals surface area (Å²) < 4.78 is 84.2. The molecular weight excluding hydrogens is 478 g/mol. The number of hydrogen-bond donors (Lipinski definition) is 2. The van der Waals surface area contributed by atoms with Crippen molar-refractivity contribution in [2.75, 3.05) is 0 Å². The van der Waals surface area contributed by atoms with E-state index in [-0.39, 0.29) is 0 Å². The van der Waals surface area contributed by atoms with Crippen molar-refractivity contribution in [3.63, 3.8) is 0 Å². The Balaban J connectivity index is 0. The average molecular weight is 485 g/mol. The summed E-state index contributed by atoms with van der Waals surface area (Å²) >= 11 is -2.08. The second-order valence-corrected chi connectivity index (χ2v) is 3.17. The van der Waals surface area contributed by atoms with E-state index in [2.05, 4.69) is 4.98 Å². The van der Waals surface area contributed by atoms with Gasteiger partial charge in [-0.2, -0.15) is 26.3 Å². The second-order valence-electron chi connectivity index (χ2n) is 2.74. The Morgan fingerprint density at radius 3 is 1.25 bits per heavy atom. The molecule has 1 unspecified atom stereocenters. The molecule has 118 valence electrons. The van der Waals surface area contributed by atoms with E-state index in [1.807, 2.05) is 18.2 Å². The first-order valence-corrected chi connectivity index (χ1v) is 6.29. The van der Waals surface area contributed by atoms with E-state index in [0.29, 0.717) is 0 Å². The summed E-state index contributed by atoms with van der Waals surface area (Å²) in [6.45, 7) is 0. The van der Waals surface area contributed by atoms with Gasteiger partial charge in [0.15, 0.2) is 0 Å². The molecule has 12 heteroatoms. The fraction of sp³-hybridized carbons (Fsp3) is 0.375. The predicted octanol–water partition coefficient (Wildman–Crippen LogP) is 1.63. The zero-order valence-electron chi connectivity index (χ0n) is 9.17. The average Bonchev–Trinajstić information content (AvgIpc) is 2.30. The third kappa shape index (κ3) is 8.14. The van der Waals surface area contributed by atoms with Crippen LogP contribution in [0.15, 0.2) is 30.6 Å². The summed E-state index contributed by atoms with van der Waals surface area (Å²) in [5, 5.41) is 14.6. The van der Waals surface area contributed by atoms with E-state index < -0.39 is 35.5 Å². The number of hydrogen-bond acceptors (Lipinski definition) is 5. The van der Waals surface area contributed by atoms with Crippen LogP contribution < -0.4 is 0 Å². The molecule has 0 spiro atoms. The van der Waals surface area contributed by atoms with E-state index in [0.717, 1.165) is 0 Å². The molecular formula is C8H7F6NO4Os. The maximum atomic E-state index is 11.5. The Kier molecular flexibility index (Phi) is 9.47. The molecule has 0 saturated heterocycles. The molecule has 0 fully saturated rings. The summed E-state index contributed by atoms with van der Waals surface area (Å²) in [4.78, 5) is 3.78. The summed E-state index contributed by atoms with van der Waals surface area (Å²) in [5.74, 6) is -5.90. The number of nitrogens with zero attached hydrogens (tertiary/aromatic N) is 1. The molecule has 0 aliphatic carbocycles. The van der Waals surface area contributed by atoms with Crippen molar-refractivity contribution in [1.29, 1.82) is 0 Å². The van der Waals surface area contributed by atoms with Crippen LogP contribution in [0.2, 0.25) is 0 Å². The van der Waals surface area contributed by atoms with Crippen LogP contribution in [-0.2, 0) is 24.4 Å². The van der Waals surface area contributed by atoms with Crippen LogP contribution >= 0.6 is 0 Å². The van der Waals surface area contributed by atoms with Gasteiger partial charge in [-0.15, -0.1) is 0 Å². The third-order valence-corrected chi connectivity index (χ3v) is 1.34. The van der Waals surface area contributed by atoms with Gasteiger partial charge in [-0.05, 0) is 12.1 Å². The van der Waals surface area contributed by atoms with E-state index >= 15 is 0 Å². The van der Waals surface area contributed by atoms with Gasteiger partial charge in [0.1, 0.15) is 0 Å². The molecule has 0 aliphatic heterocycles. The summed E-state index contributed by atoms with van der Waals surface area (Å²) in [7, 11) is 0. The maximum absolute atomic E-state index is 11.5. The fourth-order valence-electron chi connectivity index (χ4n) is 0.483. The van der Waals surface area contributed by atoms with Crippen LogP contribution in [0.5, 0.6) is 0 Å². The van der Waals surface area contributed by atoms with E-state index in [1.165, 1.54) is 0 Å². The van der Waals surface area contributed by atoms with E-state index in [4.69, 9.17) is 17.3 Å². The molecule has 1 atom stereocenters. The first-order chi connectivity index (χ1) is 8.91. The molecule has 2 N–H and O–H groups in total. The van der Waals surface area contributed by atoms with E-state index in [9.17, 15) is 26.3 Å². The van der Waals surface area contributed by atoms with Gasteiger partial charge in [-0.1, -0.05) is 6.07 Å². The van der Waals surface area contributed by atoms with Gasteiger partial charge in [0.2, 0.25) is 0 Å². The SMILES string of the molecule is OC(F)(F)C(O)(F)C(F)(F)F.[O]=[Os]=[O].c1ccncc1. The molecule has 1 aromatic rings. The molecule has 0 bridgehead atoms. The van der Waals surface area contributed by atoms with Crippen molar-refractivity contribution in [2.45, 2.75) is 18.1 Å². The van der Waals surface area contributed by atoms with Gasteiger partial charge in [0.25, 0.3) is 0 Å².